The van der Waals surface area contributed by atoms with Gasteiger partial charge in [0.15, 0.2) is 11.6 Å². The minimum atomic E-state index is -1.02. The quantitative estimate of drug-likeness (QED) is 0.895. The molecule has 0 fully saturated rings. The van der Waals surface area contributed by atoms with E-state index in [2.05, 4.69) is 15.6 Å². The molecule has 0 aliphatic heterocycles. The lowest BCUT2D eigenvalue weighted by atomic mass is 10.2. The van der Waals surface area contributed by atoms with Crippen LogP contribution in [0.4, 0.5) is 20.2 Å². The lowest BCUT2D eigenvalue weighted by Gasteiger charge is -2.06. The maximum Gasteiger partial charge on any atom is 0.274 e. The lowest BCUT2D eigenvalue weighted by Crippen LogP contribution is -2.14. The molecule has 98 valence electrons. The van der Waals surface area contributed by atoms with Crippen molar-refractivity contribution < 1.29 is 13.6 Å². The summed E-state index contributed by atoms with van der Waals surface area (Å²) in [4.78, 5) is 15.8. The van der Waals surface area contributed by atoms with E-state index in [-0.39, 0.29) is 11.4 Å². The Balaban J connectivity index is 2.18. The number of pyridine rings is 1. The molecule has 0 spiro atoms. The van der Waals surface area contributed by atoms with Gasteiger partial charge in [-0.05, 0) is 24.3 Å². The molecule has 0 aliphatic rings. The van der Waals surface area contributed by atoms with Gasteiger partial charge in [-0.1, -0.05) is 0 Å². The number of benzene rings is 1. The minimum absolute atomic E-state index is 0.167. The Labute approximate surface area is 108 Å². The molecule has 1 aromatic heterocycles. The number of carbonyl (C=O) groups is 1. The van der Waals surface area contributed by atoms with Crippen molar-refractivity contribution in [2.75, 3.05) is 17.7 Å². The number of rotatable bonds is 3. The van der Waals surface area contributed by atoms with Crippen LogP contribution in [0.5, 0.6) is 0 Å². The van der Waals surface area contributed by atoms with Crippen molar-refractivity contribution in [3.63, 3.8) is 0 Å². The fraction of sp³-hybridized carbons (Fsp3) is 0.0769. The summed E-state index contributed by atoms with van der Waals surface area (Å²) < 4.78 is 25.7. The van der Waals surface area contributed by atoms with Gasteiger partial charge in [0.1, 0.15) is 5.69 Å². The molecule has 0 saturated carbocycles. The van der Waals surface area contributed by atoms with Crippen LogP contribution in [0.15, 0.2) is 36.5 Å². The molecule has 1 heterocycles. The largest absolute Gasteiger partial charge is 0.388 e. The first-order valence-electron chi connectivity index (χ1n) is 5.50. The molecule has 2 N–H and O–H groups in total. The molecular weight excluding hydrogens is 252 g/mol. The van der Waals surface area contributed by atoms with Crippen molar-refractivity contribution in [2.45, 2.75) is 0 Å². The number of halogens is 2. The fourth-order valence-corrected chi connectivity index (χ4v) is 1.48. The molecule has 6 heteroatoms. The van der Waals surface area contributed by atoms with Crippen molar-refractivity contribution in [2.24, 2.45) is 0 Å². The van der Waals surface area contributed by atoms with Crippen LogP contribution in [0.2, 0.25) is 0 Å². The van der Waals surface area contributed by atoms with Gasteiger partial charge in [0.25, 0.3) is 5.91 Å². The van der Waals surface area contributed by atoms with Gasteiger partial charge < -0.3 is 10.6 Å². The number of nitrogens with one attached hydrogen (secondary N) is 2. The minimum Gasteiger partial charge on any atom is -0.388 e. The van der Waals surface area contributed by atoms with Crippen molar-refractivity contribution in [1.82, 2.24) is 4.98 Å². The first-order valence-corrected chi connectivity index (χ1v) is 5.50. The number of hydrogen-bond donors (Lipinski definition) is 2. The maximum atomic E-state index is 13.0. The first-order chi connectivity index (χ1) is 9.10. The third kappa shape index (κ3) is 3.04. The molecule has 0 bridgehead atoms. The number of amides is 1. The van der Waals surface area contributed by atoms with E-state index in [0.717, 1.165) is 17.8 Å². The highest BCUT2D eigenvalue weighted by atomic mass is 19.2. The molecular formula is C13H11F2N3O. The van der Waals surface area contributed by atoms with Gasteiger partial charge in [0, 0.05) is 30.7 Å². The van der Waals surface area contributed by atoms with Crippen molar-refractivity contribution in [1.29, 1.82) is 0 Å². The highest BCUT2D eigenvalue weighted by Gasteiger charge is 2.10. The van der Waals surface area contributed by atoms with Crippen LogP contribution in [0.3, 0.4) is 0 Å². The number of anilines is 2. The SMILES string of the molecule is CNc1ccnc(C(=O)Nc2ccc(F)c(F)c2)c1. The highest BCUT2D eigenvalue weighted by Crippen LogP contribution is 2.14. The predicted molar refractivity (Wildman–Crippen MR) is 68.1 cm³/mol. The third-order valence-electron chi connectivity index (χ3n) is 2.46. The molecule has 1 aromatic carbocycles. The average Bonchev–Trinajstić information content (AvgIpc) is 2.43. The Bertz CT molecular complexity index is 617. The van der Waals surface area contributed by atoms with E-state index in [9.17, 15) is 13.6 Å². The van der Waals surface area contributed by atoms with Gasteiger partial charge in [-0.15, -0.1) is 0 Å². The normalized spacial score (nSPS) is 10.1. The van der Waals surface area contributed by atoms with Gasteiger partial charge in [0.2, 0.25) is 0 Å². The van der Waals surface area contributed by atoms with E-state index < -0.39 is 17.5 Å². The molecule has 19 heavy (non-hydrogen) atoms. The van der Waals surface area contributed by atoms with Gasteiger partial charge >= 0.3 is 0 Å². The number of aromatic nitrogens is 1. The van der Waals surface area contributed by atoms with E-state index in [4.69, 9.17) is 0 Å². The second kappa shape index (κ2) is 5.43. The molecule has 4 nitrogen and oxygen atoms in total. The Morgan fingerprint density at radius 1 is 1.11 bits per heavy atom. The number of nitrogens with zero attached hydrogens (tertiary/aromatic N) is 1. The van der Waals surface area contributed by atoms with E-state index in [1.54, 1.807) is 19.2 Å². The van der Waals surface area contributed by atoms with Crippen LogP contribution in [0, 0.1) is 11.6 Å². The van der Waals surface area contributed by atoms with Crippen LogP contribution < -0.4 is 10.6 Å². The summed E-state index contributed by atoms with van der Waals surface area (Å²) in [6.07, 6.45) is 1.48. The zero-order valence-corrected chi connectivity index (χ0v) is 10.1. The highest BCUT2D eigenvalue weighted by molar-refractivity contribution is 6.03. The van der Waals surface area contributed by atoms with Crippen LogP contribution >= 0.6 is 0 Å². The topological polar surface area (TPSA) is 54.0 Å². The van der Waals surface area contributed by atoms with E-state index in [0.29, 0.717) is 0 Å². The lowest BCUT2D eigenvalue weighted by molar-refractivity contribution is 0.102. The molecule has 0 atom stereocenters. The second-order valence-corrected chi connectivity index (χ2v) is 3.76. The van der Waals surface area contributed by atoms with Crippen molar-refractivity contribution in [3.05, 3.63) is 53.9 Å². The Morgan fingerprint density at radius 3 is 2.58 bits per heavy atom. The summed E-state index contributed by atoms with van der Waals surface area (Å²) in [6.45, 7) is 0. The van der Waals surface area contributed by atoms with Gasteiger partial charge in [-0.2, -0.15) is 0 Å². The standard InChI is InChI=1S/C13H11F2N3O/c1-16-8-4-5-17-12(7-8)13(19)18-9-2-3-10(14)11(15)6-9/h2-7H,1H3,(H,16,17)(H,18,19). The van der Waals surface area contributed by atoms with Gasteiger partial charge in [-0.3, -0.25) is 9.78 Å². The molecule has 2 aromatic rings. The zero-order valence-electron chi connectivity index (χ0n) is 10.1. The van der Waals surface area contributed by atoms with Crippen LogP contribution in [0.1, 0.15) is 10.5 Å². The first kappa shape index (κ1) is 12.9. The average molecular weight is 263 g/mol. The molecule has 1 amide bonds. The Kier molecular flexibility index (Phi) is 3.70. The Morgan fingerprint density at radius 2 is 1.89 bits per heavy atom. The van der Waals surface area contributed by atoms with Crippen LogP contribution in [-0.4, -0.2) is 17.9 Å². The van der Waals surface area contributed by atoms with Gasteiger partial charge in [0.05, 0.1) is 0 Å². The molecule has 0 saturated heterocycles. The number of carbonyl (C=O) groups excluding carboxylic acids is 1. The van der Waals surface area contributed by atoms with Crippen molar-refractivity contribution >= 4 is 17.3 Å². The molecule has 0 unspecified atom stereocenters. The smallest absolute Gasteiger partial charge is 0.274 e. The van der Waals surface area contributed by atoms with Crippen LogP contribution in [0.25, 0.3) is 0 Å². The molecule has 0 radical (unpaired) electrons. The Hall–Kier alpha value is -2.50. The third-order valence-corrected chi connectivity index (χ3v) is 2.46. The summed E-state index contributed by atoms with van der Waals surface area (Å²) in [5.41, 5.74) is 1.07. The van der Waals surface area contributed by atoms with E-state index >= 15 is 0 Å². The number of hydrogen-bond acceptors (Lipinski definition) is 3. The van der Waals surface area contributed by atoms with Gasteiger partial charge in [-0.25, -0.2) is 8.78 Å². The van der Waals surface area contributed by atoms with Crippen LogP contribution in [-0.2, 0) is 0 Å². The zero-order chi connectivity index (χ0) is 13.8. The van der Waals surface area contributed by atoms with E-state index in [1.165, 1.54) is 12.3 Å². The molecule has 2 rings (SSSR count). The second-order valence-electron chi connectivity index (χ2n) is 3.76. The maximum absolute atomic E-state index is 13.0. The summed E-state index contributed by atoms with van der Waals surface area (Å²) >= 11 is 0. The summed E-state index contributed by atoms with van der Waals surface area (Å²) in [6, 6.07) is 6.39. The molecule has 0 aliphatic carbocycles. The monoisotopic (exact) mass is 263 g/mol. The summed E-state index contributed by atoms with van der Waals surface area (Å²) in [5.74, 6) is -2.48. The van der Waals surface area contributed by atoms with Crippen molar-refractivity contribution in [3.8, 4) is 0 Å². The fourth-order valence-electron chi connectivity index (χ4n) is 1.48. The van der Waals surface area contributed by atoms with E-state index in [1.807, 2.05) is 0 Å². The summed E-state index contributed by atoms with van der Waals surface area (Å²) in [7, 11) is 1.71. The predicted octanol–water partition coefficient (Wildman–Crippen LogP) is 2.65. The summed E-state index contributed by atoms with van der Waals surface area (Å²) in [5, 5.41) is 5.31.